The number of rotatable bonds is 4. The molecule has 0 saturated carbocycles. The van der Waals surface area contributed by atoms with Crippen LogP contribution in [0.5, 0.6) is 0 Å². The van der Waals surface area contributed by atoms with E-state index in [2.05, 4.69) is 15.3 Å². The average Bonchev–Trinajstić information content (AvgIpc) is 2.78. The molecule has 0 unspecified atom stereocenters. The van der Waals surface area contributed by atoms with Crippen LogP contribution in [0.1, 0.15) is 21.6 Å². The van der Waals surface area contributed by atoms with Gasteiger partial charge in [-0.3, -0.25) is 4.79 Å². The van der Waals surface area contributed by atoms with E-state index in [0.29, 0.717) is 24.9 Å². The molecule has 3 aromatic rings. The fraction of sp³-hybridized carbons (Fsp3) is 0.261. The van der Waals surface area contributed by atoms with Gasteiger partial charge in [-0.1, -0.05) is 17.7 Å². The number of carbonyl (C=O) groups is 1. The molecule has 1 aliphatic rings. The fourth-order valence-corrected chi connectivity index (χ4v) is 3.51. The van der Waals surface area contributed by atoms with Crippen LogP contribution in [0, 0.1) is 31.3 Å². The number of aryl methyl sites for hydroxylation is 2. The normalized spacial score (nSPS) is 13.9. The van der Waals surface area contributed by atoms with E-state index in [4.69, 9.17) is 0 Å². The zero-order valence-corrected chi connectivity index (χ0v) is 17.7. The smallest absolute Gasteiger partial charge is 0.257 e. The van der Waals surface area contributed by atoms with E-state index in [1.54, 1.807) is 0 Å². The first-order valence-electron chi connectivity index (χ1n) is 10.2. The number of hydrogen-bond donors (Lipinski definition) is 1. The zero-order chi connectivity index (χ0) is 22.8. The first-order valence-corrected chi connectivity index (χ1v) is 10.2. The molecular weight excluding hydrogens is 419 g/mol. The molecule has 4 rings (SSSR count). The lowest BCUT2D eigenvalue weighted by atomic mass is 10.1. The standard InChI is InChI=1S/C23H22F3N5O/c1-14-3-5-16(6-4-14)28-19-13-15(2)27-23(29-19)31-11-9-30(10-12-31)22(32)17-7-8-18(24)21(26)20(17)25/h3-8,13H,9-12H2,1-2H3,(H,27,28,29). The van der Waals surface area contributed by atoms with Crippen molar-refractivity contribution in [1.82, 2.24) is 14.9 Å². The molecular formula is C23H22F3N5O. The SMILES string of the molecule is Cc1ccc(Nc2cc(C)nc(N3CCN(C(=O)c4ccc(F)c(F)c4F)CC3)n2)cc1. The van der Waals surface area contributed by atoms with Crippen LogP contribution in [-0.2, 0) is 0 Å². The van der Waals surface area contributed by atoms with Crippen molar-refractivity contribution in [2.24, 2.45) is 0 Å². The summed E-state index contributed by atoms with van der Waals surface area (Å²) in [6, 6.07) is 11.5. The summed E-state index contributed by atoms with van der Waals surface area (Å²) in [6.07, 6.45) is 0. The van der Waals surface area contributed by atoms with Crippen LogP contribution in [0.25, 0.3) is 0 Å². The Hall–Kier alpha value is -3.62. The molecule has 6 nitrogen and oxygen atoms in total. The predicted molar refractivity (Wildman–Crippen MR) is 116 cm³/mol. The Bertz CT molecular complexity index is 1150. The van der Waals surface area contributed by atoms with Crippen molar-refractivity contribution in [3.05, 3.63) is 76.7 Å². The Labute approximate surface area is 183 Å². The Morgan fingerprint density at radius 2 is 1.59 bits per heavy atom. The number of amides is 1. The number of hydrogen-bond acceptors (Lipinski definition) is 5. The Morgan fingerprint density at radius 1 is 0.906 bits per heavy atom. The third-order valence-electron chi connectivity index (χ3n) is 5.28. The summed E-state index contributed by atoms with van der Waals surface area (Å²) in [6.45, 7) is 5.28. The van der Waals surface area contributed by atoms with Gasteiger partial charge in [-0.25, -0.2) is 18.2 Å². The van der Waals surface area contributed by atoms with Crippen LogP contribution >= 0.6 is 0 Å². The van der Waals surface area contributed by atoms with Crippen LogP contribution in [0.15, 0.2) is 42.5 Å². The van der Waals surface area contributed by atoms with Crippen molar-refractivity contribution >= 4 is 23.4 Å². The summed E-state index contributed by atoms with van der Waals surface area (Å²) >= 11 is 0. The molecule has 166 valence electrons. The molecule has 2 aromatic carbocycles. The second-order valence-electron chi connectivity index (χ2n) is 7.69. The van der Waals surface area contributed by atoms with Gasteiger partial charge in [0.25, 0.3) is 5.91 Å². The molecule has 1 aromatic heterocycles. The number of nitrogens with one attached hydrogen (secondary N) is 1. The molecule has 1 saturated heterocycles. The molecule has 0 radical (unpaired) electrons. The molecule has 0 bridgehead atoms. The Balaban J connectivity index is 1.45. The number of anilines is 3. The third-order valence-corrected chi connectivity index (χ3v) is 5.28. The lowest BCUT2D eigenvalue weighted by molar-refractivity contribution is 0.0740. The fourth-order valence-electron chi connectivity index (χ4n) is 3.51. The van der Waals surface area contributed by atoms with Gasteiger partial charge >= 0.3 is 0 Å². The average molecular weight is 441 g/mol. The van der Waals surface area contributed by atoms with E-state index in [1.165, 1.54) is 4.90 Å². The predicted octanol–water partition coefficient (Wildman–Crippen LogP) is 4.22. The minimum absolute atomic E-state index is 0.273. The lowest BCUT2D eigenvalue weighted by Crippen LogP contribution is -2.49. The first-order chi connectivity index (χ1) is 15.3. The van der Waals surface area contributed by atoms with Crippen LogP contribution < -0.4 is 10.2 Å². The number of benzene rings is 2. The van der Waals surface area contributed by atoms with Crippen molar-refractivity contribution in [3.63, 3.8) is 0 Å². The quantitative estimate of drug-likeness (QED) is 0.615. The van der Waals surface area contributed by atoms with Crippen molar-refractivity contribution in [1.29, 1.82) is 0 Å². The van der Waals surface area contributed by atoms with E-state index in [1.807, 2.05) is 49.1 Å². The van der Waals surface area contributed by atoms with Crippen LogP contribution in [0.3, 0.4) is 0 Å². The van der Waals surface area contributed by atoms with Crippen LogP contribution in [-0.4, -0.2) is 47.0 Å². The molecule has 1 fully saturated rings. The highest BCUT2D eigenvalue weighted by Crippen LogP contribution is 2.21. The van der Waals surface area contributed by atoms with Crippen molar-refractivity contribution < 1.29 is 18.0 Å². The summed E-state index contributed by atoms with van der Waals surface area (Å²) in [5.74, 6) is -3.93. The van der Waals surface area contributed by atoms with Gasteiger partial charge in [0, 0.05) is 43.6 Å². The van der Waals surface area contributed by atoms with Gasteiger partial charge in [-0.05, 0) is 38.1 Å². The number of aromatic nitrogens is 2. The molecule has 0 aliphatic carbocycles. The maximum absolute atomic E-state index is 14.0. The Kier molecular flexibility index (Phi) is 5.98. The Morgan fingerprint density at radius 3 is 2.28 bits per heavy atom. The zero-order valence-electron chi connectivity index (χ0n) is 17.7. The highest BCUT2D eigenvalue weighted by molar-refractivity contribution is 5.94. The summed E-state index contributed by atoms with van der Waals surface area (Å²) in [5.41, 5.74) is 2.37. The summed E-state index contributed by atoms with van der Waals surface area (Å²) in [4.78, 5) is 25.0. The number of halogens is 3. The highest BCUT2D eigenvalue weighted by atomic mass is 19.2. The monoisotopic (exact) mass is 441 g/mol. The number of nitrogens with zero attached hydrogens (tertiary/aromatic N) is 4. The minimum atomic E-state index is -1.64. The van der Waals surface area contributed by atoms with E-state index < -0.39 is 28.9 Å². The van der Waals surface area contributed by atoms with Gasteiger partial charge in [0.2, 0.25) is 5.95 Å². The van der Waals surface area contributed by atoms with E-state index >= 15 is 0 Å². The topological polar surface area (TPSA) is 61.4 Å². The molecule has 1 N–H and O–H groups in total. The summed E-state index contributed by atoms with van der Waals surface area (Å²) in [5, 5.41) is 3.27. The van der Waals surface area contributed by atoms with Crippen molar-refractivity contribution in [2.75, 3.05) is 36.4 Å². The first kappa shape index (κ1) is 21.6. The maximum Gasteiger partial charge on any atom is 0.257 e. The molecule has 32 heavy (non-hydrogen) atoms. The summed E-state index contributed by atoms with van der Waals surface area (Å²) < 4.78 is 40.7. The van der Waals surface area contributed by atoms with Gasteiger partial charge in [-0.2, -0.15) is 4.98 Å². The second kappa shape index (κ2) is 8.86. The van der Waals surface area contributed by atoms with Crippen LogP contribution in [0.2, 0.25) is 0 Å². The van der Waals surface area contributed by atoms with Gasteiger partial charge in [0.1, 0.15) is 5.82 Å². The van der Waals surface area contributed by atoms with Gasteiger partial charge < -0.3 is 15.1 Å². The molecule has 0 spiro atoms. The molecule has 9 heteroatoms. The van der Waals surface area contributed by atoms with Crippen LogP contribution in [0.4, 0.5) is 30.6 Å². The number of piperazine rings is 1. The molecule has 1 aliphatic heterocycles. The van der Waals surface area contributed by atoms with Gasteiger partial charge in [0.15, 0.2) is 17.5 Å². The van der Waals surface area contributed by atoms with E-state index in [-0.39, 0.29) is 13.1 Å². The largest absolute Gasteiger partial charge is 0.340 e. The molecule has 0 atom stereocenters. The van der Waals surface area contributed by atoms with E-state index in [9.17, 15) is 18.0 Å². The second-order valence-corrected chi connectivity index (χ2v) is 7.69. The van der Waals surface area contributed by atoms with Crippen molar-refractivity contribution in [2.45, 2.75) is 13.8 Å². The molecule has 1 amide bonds. The van der Waals surface area contributed by atoms with Crippen molar-refractivity contribution in [3.8, 4) is 0 Å². The minimum Gasteiger partial charge on any atom is -0.340 e. The third kappa shape index (κ3) is 4.51. The maximum atomic E-state index is 14.0. The van der Waals surface area contributed by atoms with E-state index in [0.717, 1.165) is 29.1 Å². The van der Waals surface area contributed by atoms with Gasteiger partial charge in [0.05, 0.1) is 5.56 Å². The lowest BCUT2D eigenvalue weighted by Gasteiger charge is -2.35. The number of carbonyl (C=O) groups excluding carboxylic acids is 1. The summed E-state index contributed by atoms with van der Waals surface area (Å²) in [7, 11) is 0. The van der Waals surface area contributed by atoms with Gasteiger partial charge in [-0.15, -0.1) is 0 Å². The molecule has 2 heterocycles. The highest BCUT2D eigenvalue weighted by Gasteiger charge is 2.27.